The third-order valence-electron chi connectivity index (χ3n) is 2.75. The van der Waals surface area contributed by atoms with Gasteiger partial charge in [-0.25, -0.2) is 13.6 Å². The molecule has 120 valence electrons. The predicted molar refractivity (Wildman–Crippen MR) is 81.5 cm³/mol. The highest BCUT2D eigenvalue weighted by Gasteiger charge is 2.26. The summed E-state index contributed by atoms with van der Waals surface area (Å²) in [6.07, 6.45) is 1.22. The van der Waals surface area contributed by atoms with Crippen molar-refractivity contribution in [3.63, 3.8) is 0 Å². The van der Waals surface area contributed by atoms with Crippen LogP contribution in [0, 0.1) is 18.6 Å². The number of hydrogen-bond donors (Lipinski definition) is 0. The zero-order valence-electron chi connectivity index (χ0n) is 12.7. The van der Waals surface area contributed by atoms with E-state index >= 15 is 0 Å². The predicted octanol–water partition coefficient (Wildman–Crippen LogP) is 3.23. The monoisotopic (exact) mass is 375 g/mol. The van der Waals surface area contributed by atoms with Crippen molar-refractivity contribution >= 4 is 27.7 Å². The highest BCUT2D eigenvalue weighted by molar-refractivity contribution is 9.10. The Morgan fingerprint density at radius 2 is 1.95 bits per heavy atom. The van der Waals surface area contributed by atoms with Crippen molar-refractivity contribution in [2.45, 2.75) is 13.8 Å². The summed E-state index contributed by atoms with van der Waals surface area (Å²) < 4.78 is 32.7. The maximum Gasteiger partial charge on any atom is 0.343 e. The lowest BCUT2D eigenvalue weighted by Gasteiger charge is -2.12. The summed E-state index contributed by atoms with van der Waals surface area (Å²) in [4.78, 5) is 25.7. The topological polar surface area (TPSA) is 46.6 Å². The molecular formula is C15H16BrF2NO3. The molecular weight excluding hydrogens is 360 g/mol. The lowest BCUT2D eigenvalue weighted by molar-refractivity contribution is -0.138. The molecule has 0 spiro atoms. The Hall–Kier alpha value is -1.76. The third kappa shape index (κ3) is 3.91. The van der Waals surface area contributed by atoms with E-state index in [1.165, 1.54) is 18.0 Å². The average Bonchev–Trinajstić information content (AvgIpc) is 2.45. The summed E-state index contributed by atoms with van der Waals surface area (Å²) in [5.74, 6) is -3.48. The van der Waals surface area contributed by atoms with Crippen LogP contribution in [0.2, 0.25) is 0 Å². The van der Waals surface area contributed by atoms with E-state index < -0.39 is 29.0 Å². The maximum absolute atomic E-state index is 14.2. The Morgan fingerprint density at radius 3 is 2.45 bits per heavy atom. The first kappa shape index (κ1) is 18.3. The van der Waals surface area contributed by atoms with E-state index in [0.717, 1.165) is 6.07 Å². The largest absolute Gasteiger partial charge is 0.462 e. The van der Waals surface area contributed by atoms with Crippen LogP contribution >= 0.6 is 15.9 Å². The molecule has 0 saturated heterocycles. The minimum absolute atomic E-state index is 0.0450. The van der Waals surface area contributed by atoms with Crippen molar-refractivity contribution in [1.82, 2.24) is 4.90 Å². The molecule has 0 aromatic heterocycles. The number of halogens is 3. The first-order chi connectivity index (χ1) is 10.2. The summed E-state index contributed by atoms with van der Waals surface area (Å²) in [7, 11) is 3.19. The molecule has 22 heavy (non-hydrogen) atoms. The van der Waals surface area contributed by atoms with Crippen LogP contribution in [0.5, 0.6) is 0 Å². The summed E-state index contributed by atoms with van der Waals surface area (Å²) in [5.41, 5.74) is -0.928. The van der Waals surface area contributed by atoms with E-state index in [4.69, 9.17) is 4.74 Å². The number of esters is 1. The number of ether oxygens (including phenoxy) is 1. The molecule has 0 saturated carbocycles. The van der Waals surface area contributed by atoms with Crippen molar-refractivity contribution in [2.75, 3.05) is 20.7 Å². The van der Waals surface area contributed by atoms with Gasteiger partial charge >= 0.3 is 5.97 Å². The molecule has 4 nitrogen and oxygen atoms in total. The van der Waals surface area contributed by atoms with Gasteiger partial charge in [-0.15, -0.1) is 0 Å². The van der Waals surface area contributed by atoms with Gasteiger partial charge in [-0.2, -0.15) is 0 Å². The van der Waals surface area contributed by atoms with Crippen molar-refractivity contribution in [2.24, 2.45) is 0 Å². The molecule has 1 aromatic carbocycles. The molecule has 0 N–H and O–H groups in total. The number of carbonyl (C=O) groups is 2. The van der Waals surface area contributed by atoms with Gasteiger partial charge in [0.15, 0.2) is 0 Å². The molecule has 7 heteroatoms. The van der Waals surface area contributed by atoms with Crippen LogP contribution in [-0.4, -0.2) is 37.4 Å². The average molecular weight is 376 g/mol. The van der Waals surface area contributed by atoms with Crippen LogP contribution in [0.25, 0.3) is 0 Å². The number of nitrogens with zero attached hydrogens (tertiary/aromatic N) is 1. The maximum atomic E-state index is 14.2. The highest BCUT2D eigenvalue weighted by Crippen LogP contribution is 2.27. The van der Waals surface area contributed by atoms with Gasteiger partial charge in [0.2, 0.25) is 5.78 Å². The van der Waals surface area contributed by atoms with Crippen molar-refractivity contribution in [3.05, 3.63) is 45.1 Å². The molecule has 0 heterocycles. The number of rotatable bonds is 5. The lowest BCUT2D eigenvalue weighted by atomic mass is 10.0. The number of carbonyl (C=O) groups excluding carboxylic acids is 2. The quantitative estimate of drug-likeness (QED) is 0.198. The molecule has 0 amide bonds. The van der Waals surface area contributed by atoms with Gasteiger partial charge in [0.25, 0.3) is 0 Å². The van der Waals surface area contributed by atoms with Crippen molar-refractivity contribution in [1.29, 1.82) is 0 Å². The molecule has 0 fully saturated rings. The molecule has 0 bridgehead atoms. The minimum atomic E-state index is -0.931. The zero-order valence-corrected chi connectivity index (χ0v) is 14.3. The van der Waals surface area contributed by atoms with Gasteiger partial charge in [0.05, 0.1) is 16.6 Å². The second-order valence-electron chi connectivity index (χ2n) is 4.71. The van der Waals surface area contributed by atoms with E-state index in [0.29, 0.717) is 0 Å². The summed E-state index contributed by atoms with van der Waals surface area (Å²) in [6.45, 7) is 2.98. The standard InChI is InChI=1S/C15H16BrF2NO3/c1-5-22-15(21)10(7-19(3)4)14(20)9-6-11(17)12(16)8(2)13(9)18/h6-7H,5H2,1-4H3. The third-order valence-corrected chi connectivity index (χ3v) is 3.72. The fourth-order valence-electron chi connectivity index (χ4n) is 1.71. The Bertz CT molecular complexity index is 642. The van der Waals surface area contributed by atoms with Crippen molar-refractivity contribution < 1.29 is 23.1 Å². The Morgan fingerprint density at radius 1 is 1.36 bits per heavy atom. The van der Waals surface area contributed by atoms with Crippen LogP contribution in [0.1, 0.15) is 22.8 Å². The second-order valence-corrected chi connectivity index (χ2v) is 5.51. The van der Waals surface area contributed by atoms with Gasteiger partial charge in [0, 0.05) is 25.9 Å². The minimum Gasteiger partial charge on any atom is -0.462 e. The molecule has 0 radical (unpaired) electrons. The van der Waals surface area contributed by atoms with Crippen LogP contribution < -0.4 is 0 Å². The number of hydrogen-bond acceptors (Lipinski definition) is 4. The molecule has 0 aliphatic carbocycles. The van der Waals surface area contributed by atoms with Crippen LogP contribution in [0.4, 0.5) is 8.78 Å². The lowest BCUT2D eigenvalue weighted by Crippen LogP contribution is -2.20. The normalized spacial score (nSPS) is 11.3. The van der Waals surface area contributed by atoms with Gasteiger partial charge in [-0.3, -0.25) is 4.79 Å². The number of Topliss-reactive ketones (excluding diaryl/α,β-unsaturated/α-hetero) is 1. The number of ketones is 1. The van der Waals surface area contributed by atoms with Gasteiger partial charge in [-0.1, -0.05) is 0 Å². The van der Waals surface area contributed by atoms with Crippen LogP contribution in [0.15, 0.2) is 22.3 Å². The first-order valence-electron chi connectivity index (χ1n) is 6.44. The fraction of sp³-hybridized carbons (Fsp3) is 0.333. The summed E-state index contributed by atoms with van der Waals surface area (Å²) >= 11 is 2.90. The van der Waals surface area contributed by atoms with Crippen LogP contribution in [0.3, 0.4) is 0 Å². The van der Waals surface area contributed by atoms with Crippen molar-refractivity contribution in [3.8, 4) is 0 Å². The molecule has 1 aromatic rings. The van der Waals surface area contributed by atoms with E-state index in [9.17, 15) is 18.4 Å². The van der Waals surface area contributed by atoms with Gasteiger partial charge < -0.3 is 9.64 Å². The summed E-state index contributed by atoms with van der Waals surface area (Å²) in [5, 5.41) is 0. The Labute approximate surface area is 135 Å². The first-order valence-corrected chi connectivity index (χ1v) is 7.24. The van der Waals surface area contributed by atoms with E-state index in [-0.39, 0.29) is 22.2 Å². The molecule has 0 aliphatic heterocycles. The zero-order chi connectivity index (χ0) is 17.0. The van der Waals surface area contributed by atoms with Gasteiger partial charge in [-0.05, 0) is 35.8 Å². The molecule has 1 rings (SSSR count). The fourth-order valence-corrected chi connectivity index (χ4v) is 2.00. The molecule has 0 atom stereocenters. The van der Waals surface area contributed by atoms with E-state index in [2.05, 4.69) is 15.9 Å². The highest BCUT2D eigenvalue weighted by atomic mass is 79.9. The summed E-state index contributed by atoms with van der Waals surface area (Å²) in [6, 6.07) is 0.761. The van der Waals surface area contributed by atoms with Gasteiger partial charge in [0.1, 0.15) is 17.2 Å². The van der Waals surface area contributed by atoms with Crippen LogP contribution in [-0.2, 0) is 9.53 Å². The van der Waals surface area contributed by atoms with E-state index in [1.807, 2.05) is 0 Å². The molecule has 0 unspecified atom stereocenters. The Kier molecular flexibility index (Phi) is 6.22. The molecule has 0 aliphatic rings. The van der Waals surface area contributed by atoms with E-state index in [1.54, 1.807) is 21.0 Å². The second kappa shape index (κ2) is 7.49. The Balaban J connectivity index is 3.41. The SMILES string of the molecule is CCOC(=O)C(=CN(C)C)C(=O)c1cc(F)c(Br)c(C)c1F. The smallest absolute Gasteiger partial charge is 0.343 e. The number of benzene rings is 1.